The van der Waals surface area contributed by atoms with Gasteiger partial charge in [-0.3, -0.25) is 9.59 Å². The maximum Gasteiger partial charge on any atom is 0.254 e. The second-order valence-electron chi connectivity index (χ2n) is 3.80. The summed E-state index contributed by atoms with van der Waals surface area (Å²) in [7, 11) is 3.15. The maximum absolute atomic E-state index is 12.0. The zero-order chi connectivity index (χ0) is 13.0. The zero-order valence-electron chi connectivity index (χ0n) is 10.1. The van der Waals surface area contributed by atoms with Crippen LogP contribution in [0.25, 0.3) is 0 Å². The van der Waals surface area contributed by atoms with E-state index in [2.05, 4.69) is 21.2 Å². The van der Waals surface area contributed by atoms with Crippen LogP contribution in [-0.2, 0) is 4.79 Å². The minimum Gasteiger partial charge on any atom is -0.358 e. The van der Waals surface area contributed by atoms with E-state index >= 15 is 0 Å². The van der Waals surface area contributed by atoms with Crippen LogP contribution in [-0.4, -0.2) is 37.4 Å². The Hall–Kier alpha value is -1.36. The molecule has 17 heavy (non-hydrogen) atoms. The summed E-state index contributed by atoms with van der Waals surface area (Å²) in [6.07, 6.45) is 0. The molecule has 0 saturated heterocycles. The zero-order valence-corrected chi connectivity index (χ0v) is 11.7. The number of rotatable bonds is 3. The van der Waals surface area contributed by atoms with E-state index in [9.17, 15) is 9.59 Å². The van der Waals surface area contributed by atoms with Gasteiger partial charge in [0.05, 0.1) is 6.54 Å². The van der Waals surface area contributed by atoms with Crippen molar-refractivity contribution < 1.29 is 9.59 Å². The number of amides is 2. The molecule has 0 aliphatic carbocycles. The van der Waals surface area contributed by atoms with Crippen LogP contribution in [0.4, 0.5) is 0 Å². The van der Waals surface area contributed by atoms with Crippen molar-refractivity contribution in [1.82, 2.24) is 10.2 Å². The Morgan fingerprint density at radius 2 is 2.06 bits per heavy atom. The topological polar surface area (TPSA) is 49.4 Å². The SMILES string of the molecule is CNC(=O)CN(C)C(=O)c1ccc(C)c(Br)c1. The molecule has 92 valence electrons. The van der Waals surface area contributed by atoms with Crippen molar-refractivity contribution in [3.05, 3.63) is 33.8 Å². The molecule has 0 saturated carbocycles. The maximum atomic E-state index is 12.0. The lowest BCUT2D eigenvalue weighted by Gasteiger charge is -2.16. The summed E-state index contributed by atoms with van der Waals surface area (Å²) in [6.45, 7) is 2.01. The molecule has 0 aromatic heterocycles. The Morgan fingerprint density at radius 3 is 2.59 bits per heavy atom. The lowest BCUT2D eigenvalue weighted by atomic mass is 10.1. The molecule has 0 aliphatic rings. The van der Waals surface area contributed by atoms with Gasteiger partial charge in [-0.25, -0.2) is 0 Å². The van der Waals surface area contributed by atoms with E-state index < -0.39 is 0 Å². The monoisotopic (exact) mass is 298 g/mol. The smallest absolute Gasteiger partial charge is 0.254 e. The number of nitrogens with zero attached hydrogens (tertiary/aromatic N) is 1. The number of carbonyl (C=O) groups is 2. The average Bonchev–Trinajstić information content (AvgIpc) is 2.31. The summed E-state index contributed by atoms with van der Waals surface area (Å²) in [6, 6.07) is 5.38. The normalized spacial score (nSPS) is 9.88. The predicted octanol–water partition coefficient (Wildman–Crippen LogP) is 1.58. The first kappa shape index (κ1) is 13.7. The van der Waals surface area contributed by atoms with Crippen LogP contribution < -0.4 is 5.32 Å². The van der Waals surface area contributed by atoms with E-state index in [0.717, 1.165) is 10.0 Å². The quantitative estimate of drug-likeness (QED) is 0.921. The fraction of sp³-hybridized carbons (Fsp3) is 0.333. The molecular weight excluding hydrogens is 284 g/mol. The Bertz CT molecular complexity index is 446. The van der Waals surface area contributed by atoms with Crippen LogP contribution >= 0.6 is 15.9 Å². The number of aryl methyl sites for hydroxylation is 1. The highest BCUT2D eigenvalue weighted by atomic mass is 79.9. The summed E-state index contributed by atoms with van der Waals surface area (Å²) in [5.41, 5.74) is 1.63. The molecule has 1 aromatic rings. The minimum atomic E-state index is -0.188. The first-order valence-corrected chi connectivity index (χ1v) is 5.97. The standard InChI is InChI=1S/C12H15BrN2O2/c1-8-4-5-9(6-10(8)13)12(17)15(3)7-11(16)14-2/h4-6H,7H2,1-3H3,(H,14,16). The van der Waals surface area contributed by atoms with E-state index in [0.29, 0.717) is 5.56 Å². The van der Waals surface area contributed by atoms with Crippen molar-refractivity contribution in [3.8, 4) is 0 Å². The lowest BCUT2D eigenvalue weighted by molar-refractivity contribution is -0.121. The van der Waals surface area contributed by atoms with Crippen LogP contribution in [0.3, 0.4) is 0 Å². The number of carbonyl (C=O) groups excluding carboxylic acids is 2. The van der Waals surface area contributed by atoms with Gasteiger partial charge in [-0.2, -0.15) is 0 Å². The van der Waals surface area contributed by atoms with Gasteiger partial charge in [0.2, 0.25) is 5.91 Å². The summed E-state index contributed by atoms with van der Waals surface area (Å²) in [5.74, 6) is -0.360. The second-order valence-corrected chi connectivity index (χ2v) is 4.65. The van der Waals surface area contributed by atoms with Gasteiger partial charge in [0, 0.05) is 24.1 Å². The molecule has 1 N–H and O–H groups in total. The van der Waals surface area contributed by atoms with Crippen molar-refractivity contribution >= 4 is 27.7 Å². The highest BCUT2D eigenvalue weighted by molar-refractivity contribution is 9.10. The van der Waals surface area contributed by atoms with E-state index in [-0.39, 0.29) is 18.4 Å². The van der Waals surface area contributed by atoms with Crippen molar-refractivity contribution in [2.75, 3.05) is 20.6 Å². The van der Waals surface area contributed by atoms with Gasteiger partial charge in [0.25, 0.3) is 5.91 Å². The highest BCUT2D eigenvalue weighted by Crippen LogP contribution is 2.18. The fourth-order valence-electron chi connectivity index (χ4n) is 1.31. The summed E-state index contributed by atoms with van der Waals surface area (Å²) < 4.78 is 0.886. The van der Waals surface area contributed by atoms with E-state index in [1.54, 1.807) is 26.2 Å². The van der Waals surface area contributed by atoms with Crippen molar-refractivity contribution in [2.45, 2.75) is 6.92 Å². The average molecular weight is 299 g/mol. The number of nitrogens with one attached hydrogen (secondary N) is 1. The minimum absolute atomic E-state index is 0.0564. The molecule has 0 atom stereocenters. The molecule has 2 amide bonds. The van der Waals surface area contributed by atoms with E-state index in [1.165, 1.54) is 4.90 Å². The van der Waals surface area contributed by atoms with Gasteiger partial charge < -0.3 is 10.2 Å². The molecule has 4 nitrogen and oxygen atoms in total. The number of likely N-dealkylation sites (N-methyl/N-ethyl adjacent to an activating group) is 2. The van der Waals surface area contributed by atoms with Crippen molar-refractivity contribution in [2.24, 2.45) is 0 Å². The van der Waals surface area contributed by atoms with Gasteiger partial charge in [-0.1, -0.05) is 22.0 Å². The number of halogens is 1. The van der Waals surface area contributed by atoms with E-state index in [1.807, 2.05) is 13.0 Å². The van der Waals surface area contributed by atoms with Gasteiger partial charge in [0.1, 0.15) is 0 Å². The molecule has 0 radical (unpaired) electrons. The molecule has 1 aromatic carbocycles. The third-order valence-electron chi connectivity index (χ3n) is 2.43. The van der Waals surface area contributed by atoms with Crippen molar-refractivity contribution in [1.29, 1.82) is 0 Å². The molecule has 0 fully saturated rings. The van der Waals surface area contributed by atoms with Gasteiger partial charge in [0.15, 0.2) is 0 Å². The molecule has 0 spiro atoms. The Labute approximate surface area is 109 Å². The van der Waals surface area contributed by atoms with Crippen LogP contribution in [0.5, 0.6) is 0 Å². The first-order chi connectivity index (χ1) is 7.95. The largest absolute Gasteiger partial charge is 0.358 e. The van der Waals surface area contributed by atoms with Crippen LogP contribution in [0, 0.1) is 6.92 Å². The third-order valence-corrected chi connectivity index (χ3v) is 3.28. The number of hydrogen-bond donors (Lipinski definition) is 1. The molecule has 1 rings (SSSR count). The third kappa shape index (κ3) is 3.56. The summed E-state index contributed by atoms with van der Waals surface area (Å²) in [5, 5.41) is 2.48. The molecule has 0 unspecified atom stereocenters. The van der Waals surface area contributed by atoms with Crippen LogP contribution in [0.15, 0.2) is 22.7 Å². The Morgan fingerprint density at radius 1 is 1.41 bits per heavy atom. The van der Waals surface area contributed by atoms with E-state index in [4.69, 9.17) is 0 Å². The first-order valence-electron chi connectivity index (χ1n) is 5.18. The molecule has 0 aliphatic heterocycles. The van der Waals surface area contributed by atoms with Gasteiger partial charge in [-0.15, -0.1) is 0 Å². The molecule has 5 heteroatoms. The van der Waals surface area contributed by atoms with Crippen LogP contribution in [0.2, 0.25) is 0 Å². The van der Waals surface area contributed by atoms with Gasteiger partial charge >= 0.3 is 0 Å². The predicted molar refractivity (Wildman–Crippen MR) is 69.9 cm³/mol. The van der Waals surface area contributed by atoms with Gasteiger partial charge in [-0.05, 0) is 24.6 Å². The van der Waals surface area contributed by atoms with Crippen LogP contribution in [0.1, 0.15) is 15.9 Å². The van der Waals surface area contributed by atoms with Crippen molar-refractivity contribution in [3.63, 3.8) is 0 Å². The Kier molecular flexibility index (Phi) is 4.69. The highest BCUT2D eigenvalue weighted by Gasteiger charge is 2.14. The lowest BCUT2D eigenvalue weighted by Crippen LogP contribution is -2.36. The number of benzene rings is 1. The molecule has 0 bridgehead atoms. The molecular formula is C12H15BrN2O2. The summed E-state index contributed by atoms with van der Waals surface area (Å²) in [4.78, 5) is 24.5. The number of hydrogen-bond acceptors (Lipinski definition) is 2. The Balaban J connectivity index is 2.81. The second kappa shape index (κ2) is 5.82. The molecule has 0 heterocycles. The fourth-order valence-corrected chi connectivity index (χ4v) is 1.69. The summed E-state index contributed by atoms with van der Waals surface area (Å²) >= 11 is 3.38.